The monoisotopic (exact) mass is 340 g/mol. The highest BCUT2D eigenvalue weighted by atomic mass is 16.4. The predicted octanol–water partition coefficient (Wildman–Crippen LogP) is 4.78. The molecule has 1 N–H and O–H groups in total. The number of aromatic nitrogens is 2. The number of carboxylic acid groups (broad SMARTS) is 1. The fourth-order valence-corrected chi connectivity index (χ4v) is 3.08. The van der Waals surface area contributed by atoms with Crippen molar-refractivity contribution in [2.75, 3.05) is 0 Å². The smallest absolute Gasteiger partial charge is 0.335 e. The standard InChI is InChI=1S/C21H28N2O2/c1-3-4-5-9-17-10-8-13-22-20(17)12-7-6-11-19-15-18(21(24)25)14-16(2)23-19/h8,10,13-15H,3-7,9,11-12H2,1-2H3,(H,24,25). The zero-order valence-corrected chi connectivity index (χ0v) is 15.3. The summed E-state index contributed by atoms with van der Waals surface area (Å²) in [6.45, 7) is 4.06. The van der Waals surface area contributed by atoms with E-state index in [9.17, 15) is 4.79 Å². The van der Waals surface area contributed by atoms with Crippen molar-refractivity contribution >= 4 is 5.97 Å². The van der Waals surface area contributed by atoms with Crippen LogP contribution in [0.5, 0.6) is 0 Å². The van der Waals surface area contributed by atoms with Crippen LogP contribution in [0.1, 0.15) is 72.0 Å². The van der Waals surface area contributed by atoms with E-state index in [1.165, 1.54) is 30.5 Å². The van der Waals surface area contributed by atoms with Crippen LogP contribution in [0, 0.1) is 6.92 Å². The molecule has 4 heteroatoms. The summed E-state index contributed by atoms with van der Waals surface area (Å²) >= 11 is 0. The molecule has 0 fully saturated rings. The molecule has 0 spiro atoms. The maximum absolute atomic E-state index is 11.1. The highest BCUT2D eigenvalue weighted by Crippen LogP contribution is 2.15. The molecular weight excluding hydrogens is 312 g/mol. The van der Waals surface area contributed by atoms with Gasteiger partial charge < -0.3 is 5.11 Å². The van der Waals surface area contributed by atoms with Crippen LogP contribution in [-0.4, -0.2) is 21.0 Å². The Hall–Kier alpha value is -2.23. The van der Waals surface area contributed by atoms with Crippen LogP contribution in [0.3, 0.4) is 0 Å². The van der Waals surface area contributed by atoms with Crippen LogP contribution < -0.4 is 0 Å². The van der Waals surface area contributed by atoms with E-state index >= 15 is 0 Å². The molecule has 0 amide bonds. The Morgan fingerprint density at radius 2 is 1.84 bits per heavy atom. The Bertz CT molecular complexity index is 698. The van der Waals surface area contributed by atoms with E-state index in [2.05, 4.69) is 23.0 Å². The molecule has 2 rings (SSSR count). The van der Waals surface area contributed by atoms with Crippen LogP contribution in [0.2, 0.25) is 0 Å². The minimum atomic E-state index is -0.892. The van der Waals surface area contributed by atoms with Crippen molar-refractivity contribution < 1.29 is 9.90 Å². The lowest BCUT2D eigenvalue weighted by molar-refractivity contribution is 0.0696. The molecule has 2 heterocycles. The zero-order chi connectivity index (χ0) is 18.1. The molecule has 0 radical (unpaired) electrons. The van der Waals surface area contributed by atoms with Gasteiger partial charge in [0.15, 0.2) is 0 Å². The van der Waals surface area contributed by atoms with E-state index in [1.807, 2.05) is 19.2 Å². The number of hydrogen-bond donors (Lipinski definition) is 1. The maximum atomic E-state index is 11.1. The number of unbranched alkanes of at least 4 members (excludes halogenated alkanes) is 3. The fraction of sp³-hybridized carbons (Fsp3) is 0.476. The molecule has 0 atom stereocenters. The summed E-state index contributed by atoms with van der Waals surface area (Å²) in [5, 5.41) is 9.14. The third kappa shape index (κ3) is 6.29. The molecule has 0 aliphatic heterocycles. The summed E-state index contributed by atoms with van der Waals surface area (Å²) in [4.78, 5) is 20.1. The van der Waals surface area contributed by atoms with E-state index < -0.39 is 5.97 Å². The van der Waals surface area contributed by atoms with E-state index in [0.29, 0.717) is 5.56 Å². The maximum Gasteiger partial charge on any atom is 0.335 e. The topological polar surface area (TPSA) is 63.1 Å². The molecule has 0 aromatic carbocycles. The zero-order valence-electron chi connectivity index (χ0n) is 15.3. The lowest BCUT2D eigenvalue weighted by Crippen LogP contribution is -2.02. The van der Waals surface area contributed by atoms with Gasteiger partial charge in [0, 0.05) is 23.3 Å². The molecule has 0 aliphatic rings. The number of carbonyl (C=O) groups is 1. The first kappa shape index (κ1) is 19.1. The predicted molar refractivity (Wildman–Crippen MR) is 100 cm³/mol. The van der Waals surface area contributed by atoms with Crippen molar-refractivity contribution in [1.82, 2.24) is 9.97 Å². The summed E-state index contributed by atoms with van der Waals surface area (Å²) in [6, 6.07) is 7.52. The van der Waals surface area contributed by atoms with E-state index in [-0.39, 0.29) is 0 Å². The van der Waals surface area contributed by atoms with E-state index in [4.69, 9.17) is 5.11 Å². The Morgan fingerprint density at radius 3 is 2.60 bits per heavy atom. The van der Waals surface area contributed by atoms with Gasteiger partial charge in [-0.15, -0.1) is 0 Å². The first-order valence-corrected chi connectivity index (χ1v) is 9.23. The van der Waals surface area contributed by atoms with Crippen LogP contribution in [-0.2, 0) is 19.3 Å². The minimum absolute atomic E-state index is 0.324. The molecule has 2 aromatic heterocycles. The lowest BCUT2D eigenvalue weighted by atomic mass is 10.0. The first-order valence-electron chi connectivity index (χ1n) is 9.23. The highest BCUT2D eigenvalue weighted by molar-refractivity contribution is 5.87. The van der Waals surface area contributed by atoms with Gasteiger partial charge >= 0.3 is 5.97 Å². The first-order chi connectivity index (χ1) is 12.1. The largest absolute Gasteiger partial charge is 0.478 e. The van der Waals surface area contributed by atoms with Crippen LogP contribution >= 0.6 is 0 Å². The Morgan fingerprint density at radius 1 is 1.08 bits per heavy atom. The summed E-state index contributed by atoms with van der Waals surface area (Å²) in [7, 11) is 0. The number of nitrogens with zero attached hydrogens (tertiary/aromatic N) is 2. The van der Waals surface area contributed by atoms with Gasteiger partial charge in [-0.25, -0.2) is 4.79 Å². The van der Waals surface area contributed by atoms with Gasteiger partial charge in [0.2, 0.25) is 0 Å². The van der Waals surface area contributed by atoms with Gasteiger partial charge in [-0.1, -0.05) is 25.8 Å². The van der Waals surface area contributed by atoms with Gasteiger partial charge in [0.25, 0.3) is 0 Å². The number of aromatic carboxylic acids is 1. The van der Waals surface area contributed by atoms with Gasteiger partial charge in [0.05, 0.1) is 5.56 Å². The van der Waals surface area contributed by atoms with E-state index in [1.54, 1.807) is 12.1 Å². The summed E-state index contributed by atoms with van der Waals surface area (Å²) in [6.07, 6.45) is 10.5. The average Bonchev–Trinajstić information content (AvgIpc) is 2.59. The van der Waals surface area contributed by atoms with Gasteiger partial charge in [0.1, 0.15) is 0 Å². The second-order valence-corrected chi connectivity index (χ2v) is 6.57. The second kappa shape index (κ2) is 9.92. The Balaban J connectivity index is 1.86. The normalized spacial score (nSPS) is 10.8. The second-order valence-electron chi connectivity index (χ2n) is 6.57. The average molecular weight is 340 g/mol. The van der Waals surface area contributed by atoms with Crippen molar-refractivity contribution in [1.29, 1.82) is 0 Å². The lowest BCUT2D eigenvalue weighted by Gasteiger charge is -2.08. The third-order valence-electron chi connectivity index (χ3n) is 4.38. The van der Waals surface area contributed by atoms with Crippen molar-refractivity contribution in [3.05, 3.63) is 58.7 Å². The molecule has 0 bridgehead atoms. The van der Waals surface area contributed by atoms with Crippen LogP contribution in [0.15, 0.2) is 30.5 Å². The quantitative estimate of drug-likeness (QED) is 0.632. The molecule has 0 saturated carbocycles. The molecule has 0 unspecified atom stereocenters. The number of hydrogen-bond acceptors (Lipinski definition) is 3. The number of pyridine rings is 2. The third-order valence-corrected chi connectivity index (χ3v) is 4.38. The van der Waals surface area contributed by atoms with Gasteiger partial charge in [-0.2, -0.15) is 0 Å². The fourth-order valence-electron chi connectivity index (χ4n) is 3.08. The summed E-state index contributed by atoms with van der Waals surface area (Å²) in [5.41, 5.74) is 4.53. The molecule has 0 saturated heterocycles. The number of aryl methyl sites for hydroxylation is 4. The Kier molecular flexibility index (Phi) is 7.58. The minimum Gasteiger partial charge on any atom is -0.478 e. The van der Waals surface area contributed by atoms with Crippen molar-refractivity contribution in [2.45, 2.75) is 65.2 Å². The highest BCUT2D eigenvalue weighted by Gasteiger charge is 2.07. The van der Waals surface area contributed by atoms with Crippen molar-refractivity contribution in [3.63, 3.8) is 0 Å². The summed E-state index contributed by atoms with van der Waals surface area (Å²) in [5.74, 6) is -0.892. The molecule has 134 valence electrons. The molecular formula is C21H28N2O2. The molecule has 4 nitrogen and oxygen atoms in total. The van der Waals surface area contributed by atoms with Crippen molar-refractivity contribution in [2.24, 2.45) is 0 Å². The van der Waals surface area contributed by atoms with Gasteiger partial charge in [-0.05, 0) is 69.2 Å². The summed E-state index contributed by atoms with van der Waals surface area (Å²) < 4.78 is 0. The molecule has 2 aromatic rings. The number of carboxylic acids is 1. The van der Waals surface area contributed by atoms with Gasteiger partial charge in [-0.3, -0.25) is 9.97 Å². The van der Waals surface area contributed by atoms with Crippen LogP contribution in [0.4, 0.5) is 0 Å². The van der Waals surface area contributed by atoms with E-state index in [0.717, 1.165) is 43.5 Å². The Labute approximate surface area is 150 Å². The SMILES string of the molecule is CCCCCc1cccnc1CCCCc1cc(C(=O)O)cc(C)n1. The number of rotatable bonds is 10. The molecule has 25 heavy (non-hydrogen) atoms. The molecule has 0 aliphatic carbocycles. The van der Waals surface area contributed by atoms with Crippen molar-refractivity contribution in [3.8, 4) is 0 Å². The van der Waals surface area contributed by atoms with Crippen LogP contribution in [0.25, 0.3) is 0 Å².